The molecule has 0 saturated heterocycles. The van der Waals surface area contributed by atoms with Crippen LogP contribution in [-0.4, -0.2) is 38.6 Å². The first-order chi connectivity index (χ1) is 18.0. The lowest BCUT2D eigenvalue weighted by molar-refractivity contribution is -0.166. The van der Waals surface area contributed by atoms with Crippen LogP contribution in [0.3, 0.4) is 0 Å². The third-order valence-electron chi connectivity index (χ3n) is 7.95. The molecule has 0 radical (unpaired) electrons. The maximum Gasteiger partial charge on any atom is 0.335 e. The molecule has 5 rings (SSSR count). The fraction of sp³-hybridized carbons (Fsp3) is 0.393. The SMILES string of the molecule is CO[C@]1(C(=O)O)CC[C@H](c2c(C(C)(C)CC#N)n(-c3ccc(F)c(F)c3)c3cc4cn[nH]c4c(F)c32)CC1. The number of carboxylic acid groups (broad SMARTS) is 1. The summed E-state index contributed by atoms with van der Waals surface area (Å²) in [6.45, 7) is 3.71. The number of nitriles is 1. The van der Waals surface area contributed by atoms with E-state index in [1.807, 2.05) is 13.8 Å². The number of hydrogen-bond donors (Lipinski definition) is 2. The summed E-state index contributed by atoms with van der Waals surface area (Å²) >= 11 is 0. The number of halogens is 3. The molecule has 2 heterocycles. The molecule has 4 aromatic rings. The number of H-pyrrole nitrogens is 1. The zero-order chi connectivity index (χ0) is 27.4. The fourth-order valence-electron chi connectivity index (χ4n) is 5.95. The van der Waals surface area contributed by atoms with Gasteiger partial charge in [0, 0.05) is 47.2 Å². The van der Waals surface area contributed by atoms with Gasteiger partial charge in [0.15, 0.2) is 23.1 Å². The van der Waals surface area contributed by atoms with E-state index in [1.165, 1.54) is 19.4 Å². The van der Waals surface area contributed by atoms with Gasteiger partial charge in [0.05, 0.1) is 17.8 Å². The Morgan fingerprint density at radius 3 is 2.58 bits per heavy atom. The van der Waals surface area contributed by atoms with Gasteiger partial charge in [0.1, 0.15) is 5.52 Å². The molecule has 2 N–H and O–H groups in total. The first kappa shape index (κ1) is 25.8. The predicted molar refractivity (Wildman–Crippen MR) is 135 cm³/mol. The van der Waals surface area contributed by atoms with E-state index >= 15 is 4.39 Å². The van der Waals surface area contributed by atoms with Crippen LogP contribution in [0.5, 0.6) is 0 Å². The minimum Gasteiger partial charge on any atom is -0.479 e. The summed E-state index contributed by atoms with van der Waals surface area (Å²) in [5, 5.41) is 27.0. The fourth-order valence-corrected chi connectivity index (χ4v) is 5.95. The Bertz CT molecular complexity index is 1610. The lowest BCUT2D eigenvalue weighted by Crippen LogP contribution is -2.43. The molecule has 10 heteroatoms. The lowest BCUT2D eigenvalue weighted by atomic mass is 9.72. The highest BCUT2D eigenvalue weighted by Crippen LogP contribution is 2.49. The molecule has 38 heavy (non-hydrogen) atoms. The number of carbonyl (C=O) groups is 1. The number of fused-ring (bicyclic) bond motifs is 2. The number of nitrogens with one attached hydrogen (secondary N) is 1. The third kappa shape index (κ3) is 3.84. The number of nitrogens with zero attached hydrogens (tertiary/aromatic N) is 3. The maximum atomic E-state index is 16.3. The first-order valence-electron chi connectivity index (χ1n) is 12.4. The molecule has 0 bridgehead atoms. The lowest BCUT2D eigenvalue weighted by Gasteiger charge is -2.37. The van der Waals surface area contributed by atoms with Gasteiger partial charge in [-0.25, -0.2) is 18.0 Å². The highest BCUT2D eigenvalue weighted by molar-refractivity contribution is 6.00. The molecule has 0 amide bonds. The zero-order valence-corrected chi connectivity index (χ0v) is 21.2. The molecule has 2 aromatic heterocycles. The van der Waals surface area contributed by atoms with E-state index in [4.69, 9.17) is 4.74 Å². The van der Waals surface area contributed by atoms with E-state index in [0.717, 1.165) is 12.1 Å². The van der Waals surface area contributed by atoms with Gasteiger partial charge in [-0.1, -0.05) is 13.8 Å². The van der Waals surface area contributed by atoms with E-state index in [9.17, 15) is 23.9 Å². The van der Waals surface area contributed by atoms with E-state index in [-0.39, 0.29) is 41.8 Å². The van der Waals surface area contributed by atoms with Crippen molar-refractivity contribution in [3.63, 3.8) is 0 Å². The van der Waals surface area contributed by atoms with Gasteiger partial charge in [-0.2, -0.15) is 10.4 Å². The second-order valence-corrected chi connectivity index (χ2v) is 10.6. The molecule has 1 aliphatic carbocycles. The van der Waals surface area contributed by atoms with Crippen molar-refractivity contribution in [3.8, 4) is 11.8 Å². The standard InChI is InChI=1S/C28H27F3N4O3/c1-27(2,10-11-32)25-21(15-6-8-28(38-3,9-7-15)26(36)37)22-20(12-16-14-33-34-24(16)23(22)31)35(25)17-4-5-18(29)19(30)13-17/h4-5,12-15H,6-10H2,1-3H3,(H,33,34)(H,36,37)/t15-,28+. The summed E-state index contributed by atoms with van der Waals surface area (Å²) < 4.78 is 51.8. The second-order valence-electron chi connectivity index (χ2n) is 10.6. The molecule has 1 aliphatic rings. The molecule has 0 spiro atoms. The molecule has 2 aromatic carbocycles. The summed E-state index contributed by atoms with van der Waals surface area (Å²) in [6, 6.07) is 7.45. The number of aromatic amines is 1. The van der Waals surface area contributed by atoms with Crippen molar-refractivity contribution in [3.05, 3.63) is 59.2 Å². The Kier molecular flexibility index (Phi) is 6.22. The Morgan fingerprint density at radius 1 is 1.26 bits per heavy atom. The number of methoxy groups -OCH3 is 1. The van der Waals surface area contributed by atoms with Crippen LogP contribution in [0.1, 0.15) is 63.1 Å². The third-order valence-corrected chi connectivity index (χ3v) is 7.95. The summed E-state index contributed by atoms with van der Waals surface area (Å²) in [4.78, 5) is 12.0. The smallest absolute Gasteiger partial charge is 0.335 e. The van der Waals surface area contributed by atoms with Crippen molar-refractivity contribution < 1.29 is 27.8 Å². The van der Waals surface area contributed by atoms with Crippen molar-refractivity contribution in [2.24, 2.45) is 0 Å². The Labute approximate surface area is 216 Å². The summed E-state index contributed by atoms with van der Waals surface area (Å²) in [5.74, 6) is -3.91. The van der Waals surface area contributed by atoms with Crippen molar-refractivity contribution in [1.29, 1.82) is 5.26 Å². The molecule has 0 aliphatic heterocycles. The van der Waals surface area contributed by atoms with Crippen LogP contribution in [0.2, 0.25) is 0 Å². The van der Waals surface area contributed by atoms with Crippen LogP contribution < -0.4 is 0 Å². The van der Waals surface area contributed by atoms with Gasteiger partial charge in [-0.3, -0.25) is 5.10 Å². The van der Waals surface area contributed by atoms with Crippen molar-refractivity contribution in [2.45, 2.75) is 62.9 Å². The van der Waals surface area contributed by atoms with Gasteiger partial charge >= 0.3 is 5.97 Å². The van der Waals surface area contributed by atoms with Crippen molar-refractivity contribution in [2.75, 3.05) is 7.11 Å². The van der Waals surface area contributed by atoms with Crippen molar-refractivity contribution in [1.82, 2.24) is 14.8 Å². The zero-order valence-electron chi connectivity index (χ0n) is 21.2. The molecule has 0 unspecified atom stereocenters. The molecule has 1 fully saturated rings. The van der Waals surface area contributed by atoms with E-state index in [2.05, 4.69) is 16.3 Å². The second kappa shape index (κ2) is 9.17. The Balaban J connectivity index is 1.86. The van der Waals surface area contributed by atoms with Crippen LogP contribution in [0.15, 0.2) is 30.5 Å². The van der Waals surface area contributed by atoms with Crippen LogP contribution in [0.4, 0.5) is 13.2 Å². The monoisotopic (exact) mass is 524 g/mol. The first-order valence-corrected chi connectivity index (χ1v) is 12.4. The highest BCUT2D eigenvalue weighted by Gasteiger charge is 2.45. The summed E-state index contributed by atoms with van der Waals surface area (Å²) in [7, 11) is 1.37. The maximum absolute atomic E-state index is 16.3. The molecular weight excluding hydrogens is 497 g/mol. The predicted octanol–water partition coefficient (Wildman–Crippen LogP) is 6.24. The minimum absolute atomic E-state index is 0.0743. The van der Waals surface area contributed by atoms with Crippen LogP contribution >= 0.6 is 0 Å². The van der Waals surface area contributed by atoms with Crippen LogP contribution in [-0.2, 0) is 14.9 Å². The quantitative estimate of drug-likeness (QED) is 0.311. The number of rotatable bonds is 6. The average molecular weight is 525 g/mol. The van der Waals surface area contributed by atoms with Crippen LogP contribution in [0.25, 0.3) is 27.5 Å². The van der Waals surface area contributed by atoms with Gasteiger partial charge in [-0.15, -0.1) is 0 Å². The van der Waals surface area contributed by atoms with Crippen LogP contribution in [0, 0.1) is 28.8 Å². The van der Waals surface area contributed by atoms with Gasteiger partial charge in [0.2, 0.25) is 0 Å². The number of aromatic nitrogens is 3. The topological polar surface area (TPSA) is 104 Å². The highest BCUT2D eigenvalue weighted by atomic mass is 19.2. The number of ether oxygens (including phenoxy) is 1. The van der Waals surface area contributed by atoms with Crippen molar-refractivity contribution >= 4 is 27.8 Å². The number of hydrogen-bond acceptors (Lipinski definition) is 4. The van der Waals surface area contributed by atoms with E-state index in [0.29, 0.717) is 35.0 Å². The number of aliphatic carboxylic acids is 1. The van der Waals surface area contributed by atoms with Gasteiger partial charge in [0.25, 0.3) is 0 Å². The number of benzene rings is 2. The molecule has 198 valence electrons. The summed E-state index contributed by atoms with van der Waals surface area (Å²) in [5.41, 5.74) is 0.00932. The van der Waals surface area contributed by atoms with Gasteiger partial charge < -0.3 is 14.4 Å². The Hall–Kier alpha value is -3.84. The molecular formula is C28H27F3N4O3. The molecule has 7 nitrogen and oxygen atoms in total. The van der Waals surface area contributed by atoms with Gasteiger partial charge in [-0.05, 0) is 55.4 Å². The average Bonchev–Trinajstić information content (AvgIpc) is 3.49. The molecule has 1 saturated carbocycles. The Morgan fingerprint density at radius 2 is 1.97 bits per heavy atom. The van der Waals surface area contributed by atoms with E-state index < -0.39 is 34.4 Å². The van der Waals surface area contributed by atoms with E-state index in [1.54, 1.807) is 10.6 Å². The minimum atomic E-state index is -1.33. The normalized spacial score (nSPS) is 20.2. The largest absolute Gasteiger partial charge is 0.479 e. The molecule has 0 atom stereocenters. The summed E-state index contributed by atoms with van der Waals surface area (Å²) in [6.07, 6.45) is 2.78. The number of carboxylic acids is 1.